The SMILES string of the molecule is C[C@@H](NC(=O)CN1CCN(CCO)CC1)c1cccc2ccccc12. The first kappa shape index (κ1) is 17.9. The number of carbonyl (C=O) groups excluding carboxylic acids is 1. The van der Waals surface area contributed by atoms with Crippen molar-refractivity contribution in [2.45, 2.75) is 13.0 Å². The van der Waals surface area contributed by atoms with Crippen molar-refractivity contribution in [1.82, 2.24) is 15.1 Å². The molecule has 2 aromatic rings. The third kappa shape index (κ3) is 4.57. The zero-order valence-corrected chi connectivity index (χ0v) is 14.8. The van der Waals surface area contributed by atoms with E-state index in [2.05, 4.69) is 39.4 Å². The summed E-state index contributed by atoms with van der Waals surface area (Å²) < 4.78 is 0. The highest BCUT2D eigenvalue weighted by Crippen LogP contribution is 2.23. The van der Waals surface area contributed by atoms with Gasteiger partial charge in [-0.2, -0.15) is 0 Å². The van der Waals surface area contributed by atoms with Gasteiger partial charge in [-0.25, -0.2) is 0 Å². The minimum Gasteiger partial charge on any atom is -0.395 e. The molecule has 0 aliphatic carbocycles. The minimum atomic E-state index is -0.0192. The number of carbonyl (C=O) groups is 1. The average Bonchev–Trinajstić information content (AvgIpc) is 2.63. The van der Waals surface area contributed by atoms with E-state index >= 15 is 0 Å². The lowest BCUT2D eigenvalue weighted by Gasteiger charge is -2.34. The van der Waals surface area contributed by atoms with Gasteiger partial charge in [-0.05, 0) is 23.3 Å². The molecule has 1 amide bonds. The van der Waals surface area contributed by atoms with Crippen LogP contribution < -0.4 is 5.32 Å². The zero-order valence-electron chi connectivity index (χ0n) is 14.8. The fourth-order valence-corrected chi connectivity index (χ4v) is 3.51. The van der Waals surface area contributed by atoms with Crippen LogP contribution in [0.3, 0.4) is 0 Å². The number of aliphatic hydroxyl groups excluding tert-OH is 1. The summed E-state index contributed by atoms with van der Waals surface area (Å²) in [5.74, 6) is 0.0658. The fraction of sp³-hybridized carbons (Fsp3) is 0.450. The zero-order chi connectivity index (χ0) is 17.6. The number of hydrogen-bond donors (Lipinski definition) is 2. The molecule has 1 saturated heterocycles. The summed E-state index contributed by atoms with van der Waals surface area (Å²) >= 11 is 0. The van der Waals surface area contributed by atoms with Gasteiger partial charge in [-0.3, -0.25) is 14.6 Å². The second-order valence-corrected chi connectivity index (χ2v) is 6.70. The number of piperazine rings is 1. The molecule has 5 nitrogen and oxygen atoms in total. The molecule has 1 atom stereocenters. The van der Waals surface area contributed by atoms with Crippen molar-refractivity contribution >= 4 is 16.7 Å². The Kier molecular flexibility index (Phi) is 6.02. The van der Waals surface area contributed by atoms with Crippen LogP contribution in [0.25, 0.3) is 10.8 Å². The monoisotopic (exact) mass is 341 g/mol. The molecule has 25 heavy (non-hydrogen) atoms. The number of nitrogens with zero attached hydrogens (tertiary/aromatic N) is 2. The summed E-state index contributed by atoms with van der Waals surface area (Å²) in [6, 6.07) is 14.5. The van der Waals surface area contributed by atoms with Gasteiger partial charge in [0.15, 0.2) is 0 Å². The van der Waals surface area contributed by atoms with E-state index < -0.39 is 0 Å². The van der Waals surface area contributed by atoms with Crippen molar-refractivity contribution in [2.75, 3.05) is 45.9 Å². The Hall–Kier alpha value is -1.95. The first-order chi connectivity index (χ1) is 12.2. The second-order valence-electron chi connectivity index (χ2n) is 6.70. The summed E-state index contributed by atoms with van der Waals surface area (Å²) in [6.07, 6.45) is 0. The molecule has 2 N–H and O–H groups in total. The number of rotatable bonds is 6. The lowest BCUT2D eigenvalue weighted by molar-refractivity contribution is -0.123. The number of amides is 1. The van der Waals surface area contributed by atoms with Crippen molar-refractivity contribution in [3.05, 3.63) is 48.0 Å². The van der Waals surface area contributed by atoms with Crippen molar-refractivity contribution < 1.29 is 9.90 Å². The minimum absolute atomic E-state index is 0.0192. The molecule has 2 aromatic carbocycles. The number of β-amino-alcohol motifs (C(OH)–C–C–N with tert-alkyl or cyclic N) is 1. The molecule has 0 spiro atoms. The smallest absolute Gasteiger partial charge is 0.234 e. The highest BCUT2D eigenvalue weighted by Gasteiger charge is 2.19. The molecule has 134 valence electrons. The lowest BCUT2D eigenvalue weighted by atomic mass is 10.00. The quantitative estimate of drug-likeness (QED) is 0.838. The molecule has 0 bridgehead atoms. The third-order valence-corrected chi connectivity index (χ3v) is 4.92. The normalized spacial score (nSPS) is 17.5. The van der Waals surface area contributed by atoms with Gasteiger partial charge < -0.3 is 10.4 Å². The predicted octanol–water partition coefficient (Wildman–Crippen LogP) is 1.63. The van der Waals surface area contributed by atoms with Crippen LogP contribution in [0.5, 0.6) is 0 Å². The first-order valence-electron chi connectivity index (χ1n) is 9.00. The fourth-order valence-electron chi connectivity index (χ4n) is 3.51. The van der Waals surface area contributed by atoms with Crippen LogP contribution in [0.4, 0.5) is 0 Å². The van der Waals surface area contributed by atoms with Gasteiger partial charge in [0.1, 0.15) is 0 Å². The Morgan fingerprint density at radius 3 is 2.52 bits per heavy atom. The Balaban J connectivity index is 1.56. The first-order valence-corrected chi connectivity index (χ1v) is 9.00. The summed E-state index contributed by atoms with van der Waals surface area (Å²) in [6.45, 7) is 6.95. The van der Waals surface area contributed by atoms with Gasteiger partial charge in [-0.1, -0.05) is 42.5 Å². The molecule has 0 saturated carbocycles. The summed E-state index contributed by atoms with van der Waals surface area (Å²) in [4.78, 5) is 16.8. The van der Waals surface area contributed by atoms with E-state index in [0.717, 1.165) is 38.3 Å². The molecular formula is C20H27N3O2. The Morgan fingerprint density at radius 2 is 1.76 bits per heavy atom. The average molecular weight is 341 g/mol. The summed E-state index contributed by atoms with van der Waals surface area (Å²) in [5, 5.41) is 14.5. The van der Waals surface area contributed by atoms with Gasteiger partial charge in [0.05, 0.1) is 19.2 Å². The Morgan fingerprint density at radius 1 is 1.08 bits per heavy atom. The maximum absolute atomic E-state index is 12.4. The van der Waals surface area contributed by atoms with E-state index in [0.29, 0.717) is 6.54 Å². The summed E-state index contributed by atoms with van der Waals surface area (Å²) in [7, 11) is 0. The highest BCUT2D eigenvalue weighted by atomic mass is 16.3. The van der Waals surface area contributed by atoms with Crippen molar-refractivity contribution in [3.8, 4) is 0 Å². The molecule has 0 radical (unpaired) electrons. The predicted molar refractivity (Wildman–Crippen MR) is 100 cm³/mol. The maximum atomic E-state index is 12.4. The van der Waals surface area contributed by atoms with Gasteiger partial charge in [-0.15, -0.1) is 0 Å². The van der Waals surface area contributed by atoms with Crippen LogP contribution in [0.15, 0.2) is 42.5 Å². The van der Waals surface area contributed by atoms with Crippen molar-refractivity contribution in [1.29, 1.82) is 0 Å². The van der Waals surface area contributed by atoms with Crippen LogP contribution >= 0.6 is 0 Å². The van der Waals surface area contributed by atoms with E-state index in [9.17, 15) is 4.79 Å². The van der Waals surface area contributed by atoms with Gasteiger partial charge in [0, 0.05) is 32.7 Å². The van der Waals surface area contributed by atoms with Crippen LogP contribution in [0.1, 0.15) is 18.5 Å². The topological polar surface area (TPSA) is 55.8 Å². The van der Waals surface area contributed by atoms with Gasteiger partial charge >= 0.3 is 0 Å². The van der Waals surface area contributed by atoms with E-state index in [1.165, 1.54) is 10.8 Å². The molecule has 5 heteroatoms. The second kappa shape index (κ2) is 8.43. The molecule has 3 rings (SSSR count). The Labute approximate surface area is 149 Å². The van der Waals surface area contributed by atoms with Crippen LogP contribution in [-0.2, 0) is 4.79 Å². The standard InChI is InChI=1S/C20H27N3O2/c1-16(18-8-4-6-17-5-2-3-7-19(17)18)21-20(25)15-23-11-9-22(10-12-23)13-14-24/h2-8,16,24H,9-15H2,1H3,(H,21,25)/t16-/m1/s1. The van der Waals surface area contributed by atoms with Crippen molar-refractivity contribution in [3.63, 3.8) is 0 Å². The number of fused-ring (bicyclic) bond motifs is 1. The van der Waals surface area contributed by atoms with E-state index in [1.807, 2.05) is 25.1 Å². The largest absolute Gasteiger partial charge is 0.395 e. The lowest BCUT2D eigenvalue weighted by Crippen LogP contribution is -2.50. The van der Waals surface area contributed by atoms with Crippen molar-refractivity contribution in [2.24, 2.45) is 0 Å². The third-order valence-electron chi connectivity index (χ3n) is 4.92. The van der Waals surface area contributed by atoms with E-state index in [4.69, 9.17) is 5.11 Å². The van der Waals surface area contributed by atoms with Crippen LogP contribution in [0, 0.1) is 0 Å². The molecule has 1 heterocycles. The van der Waals surface area contributed by atoms with E-state index in [1.54, 1.807) is 0 Å². The van der Waals surface area contributed by atoms with Gasteiger partial charge in [0.2, 0.25) is 5.91 Å². The summed E-state index contributed by atoms with van der Waals surface area (Å²) in [5.41, 5.74) is 1.15. The van der Waals surface area contributed by atoms with Crippen LogP contribution in [-0.4, -0.2) is 66.7 Å². The number of aliphatic hydroxyl groups is 1. The molecule has 1 aliphatic heterocycles. The van der Waals surface area contributed by atoms with E-state index in [-0.39, 0.29) is 18.6 Å². The molecule has 1 fully saturated rings. The molecule has 0 aromatic heterocycles. The highest BCUT2D eigenvalue weighted by molar-refractivity contribution is 5.87. The molecule has 0 unspecified atom stereocenters. The number of nitrogens with one attached hydrogen (secondary N) is 1. The Bertz CT molecular complexity index is 706. The number of hydrogen-bond acceptors (Lipinski definition) is 4. The number of benzene rings is 2. The molecular weight excluding hydrogens is 314 g/mol. The molecule has 1 aliphatic rings. The van der Waals surface area contributed by atoms with Crippen LogP contribution in [0.2, 0.25) is 0 Å². The maximum Gasteiger partial charge on any atom is 0.234 e. The van der Waals surface area contributed by atoms with Gasteiger partial charge in [0.25, 0.3) is 0 Å².